The zero-order chi connectivity index (χ0) is 10.7. The van der Waals surface area contributed by atoms with E-state index in [-0.39, 0.29) is 18.2 Å². The molecule has 0 aliphatic heterocycles. The van der Waals surface area contributed by atoms with Crippen molar-refractivity contribution in [3.8, 4) is 5.75 Å². The van der Waals surface area contributed by atoms with Gasteiger partial charge in [0.25, 0.3) is 0 Å². The zero-order valence-corrected chi connectivity index (χ0v) is 10.3. The highest BCUT2D eigenvalue weighted by Crippen LogP contribution is 2.26. The number of carbonyl (C=O) groups excluding carboxylic acids is 1. The summed E-state index contributed by atoms with van der Waals surface area (Å²) in [5.41, 5.74) is 6.10. The quantitative estimate of drug-likeness (QED) is 0.816. The van der Waals surface area contributed by atoms with E-state index in [9.17, 15) is 9.90 Å². The summed E-state index contributed by atoms with van der Waals surface area (Å²) in [6.07, 6.45) is 0. The first-order valence-electron chi connectivity index (χ1n) is 3.88. The summed E-state index contributed by atoms with van der Waals surface area (Å²) in [6, 6.07) is 3.65. The molecule has 1 rings (SSSR count). The van der Waals surface area contributed by atoms with Crippen LogP contribution in [0.3, 0.4) is 0 Å². The van der Waals surface area contributed by atoms with E-state index in [2.05, 4.69) is 20.7 Å². The molecule has 0 spiro atoms. The zero-order valence-electron chi connectivity index (χ0n) is 7.94. The molecule has 1 aromatic rings. The Hall–Kier alpha value is -0.780. The van der Waals surface area contributed by atoms with Gasteiger partial charge in [0.15, 0.2) is 0 Å². The number of halogens is 2. The van der Waals surface area contributed by atoms with Gasteiger partial charge < -0.3 is 15.6 Å². The first-order valence-corrected chi connectivity index (χ1v) is 4.67. The van der Waals surface area contributed by atoms with Crippen LogP contribution in [0.1, 0.15) is 11.6 Å². The lowest BCUT2D eigenvalue weighted by Gasteiger charge is -2.11. The first kappa shape index (κ1) is 14.2. The summed E-state index contributed by atoms with van der Waals surface area (Å²) >= 11 is 3.23. The number of hydrogen-bond acceptors (Lipinski definition) is 4. The van der Waals surface area contributed by atoms with Crippen molar-refractivity contribution in [3.63, 3.8) is 0 Å². The standard InChI is InChI=1S/C9H10BrNO3.ClH/c1-14-9(13)8(11)6-4-5(12)2-3-7(6)10;/h2-4,8,12H,11H2,1H3;1H/t8-;/m0./s1. The lowest BCUT2D eigenvalue weighted by atomic mass is 10.1. The van der Waals surface area contributed by atoms with Crippen LogP contribution in [0.5, 0.6) is 5.75 Å². The fraction of sp³-hybridized carbons (Fsp3) is 0.222. The molecule has 15 heavy (non-hydrogen) atoms. The number of benzene rings is 1. The average molecular weight is 297 g/mol. The number of nitrogens with two attached hydrogens (primary N) is 1. The van der Waals surface area contributed by atoms with Gasteiger partial charge in [-0.3, -0.25) is 4.79 Å². The molecule has 0 radical (unpaired) electrons. The van der Waals surface area contributed by atoms with E-state index in [1.165, 1.54) is 19.2 Å². The third kappa shape index (κ3) is 3.37. The van der Waals surface area contributed by atoms with Crippen LogP contribution in [0, 0.1) is 0 Å². The van der Waals surface area contributed by atoms with Crippen molar-refractivity contribution in [1.82, 2.24) is 0 Å². The number of ether oxygens (including phenoxy) is 1. The van der Waals surface area contributed by atoms with Gasteiger partial charge in [-0.05, 0) is 23.8 Å². The molecule has 6 heteroatoms. The third-order valence-electron chi connectivity index (χ3n) is 1.77. The van der Waals surface area contributed by atoms with E-state index < -0.39 is 12.0 Å². The molecule has 3 N–H and O–H groups in total. The number of hydrogen-bond donors (Lipinski definition) is 2. The van der Waals surface area contributed by atoms with Crippen molar-refractivity contribution in [2.45, 2.75) is 6.04 Å². The van der Waals surface area contributed by atoms with Crippen molar-refractivity contribution in [1.29, 1.82) is 0 Å². The molecule has 0 aromatic heterocycles. The molecule has 4 nitrogen and oxygen atoms in total. The van der Waals surface area contributed by atoms with E-state index >= 15 is 0 Å². The summed E-state index contributed by atoms with van der Waals surface area (Å²) in [6.45, 7) is 0. The summed E-state index contributed by atoms with van der Waals surface area (Å²) in [4.78, 5) is 11.1. The van der Waals surface area contributed by atoms with Gasteiger partial charge >= 0.3 is 5.97 Å². The summed E-state index contributed by atoms with van der Waals surface area (Å²) in [5.74, 6) is -0.487. The smallest absolute Gasteiger partial charge is 0.327 e. The predicted octanol–water partition coefficient (Wildman–Crippen LogP) is 1.75. The molecule has 1 atom stereocenters. The Balaban J connectivity index is 0.00000196. The highest BCUT2D eigenvalue weighted by Gasteiger charge is 2.19. The van der Waals surface area contributed by atoms with Gasteiger partial charge in [0.05, 0.1) is 7.11 Å². The van der Waals surface area contributed by atoms with Crippen LogP contribution >= 0.6 is 28.3 Å². The van der Waals surface area contributed by atoms with Gasteiger partial charge in [-0.1, -0.05) is 15.9 Å². The highest BCUT2D eigenvalue weighted by molar-refractivity contribution is 9.10. The highest BCUT2D eigenvalue weighted by atomic mass is 79.9. The van der Waals surface area contributed by atoms with Gasteiger partial charge in [-0.2, -0.15) is 0 Å². The summed E-state index contributed by atoms with van der Waals surface area (Å²) < 4.78 is 5.16. The van der Waals surface area contributed by atoms with Crippen LogP contribution in [0.25, 0.3) is 0 Å². The normalized spacial score (nSPS) is 11.4. The number of esters is 1. The molecule has 1 aromatic carbocycles. The lowest BCUT2D eigenvalue weighted by Crippen LogP contribution is -2.22. The van der Waals surface area contributed by atoms with Crippen molar-refractivity contribution in [3.05, 3.63) is 28.2 Å². The monoisotopic (exact) mass is 295 g/mol. The number of phenolic OH excluding ortho intramolecular Hbond substituents is 1. The Kier molecular flexibility index (Phi) is 5.64. The van der Waals surface area contributed by atoms with E-state index in [0.717, 1.165) is 0 Å². The van der Waals surface area contributed by atoms with Crippen molar-refractivity contribution >= 4 is 34.3 Å². The fourth-order valence-electron chi connectivity index (χ4n) is 1.02. The van der Waals surface area contributed by atoms with Gasteiger partial charge in [0.1, 0.15) is 11.8 Å². The van der Waals surface area contributed by atoms with Crippen molar-refractivity contribution in [2.75, 3.05) is 7.11 Å². The number of rotatable bonds is 2. The van der Waals surface area contributed by atoms with Crippen LogP contribution in [0.2, 0.25) is 0 Å². The van der Waals surface area contributed by atoms with Crippen molar-refractivity contribution < 1.29 is 14.6 Å². The molecule has 84 valence electrons. The summed E-state index contributed by atoms with van der Waals surface area (Å²) in [7, 11) is 1.26. The van der Waals surface area contributed by atoms with Crippen molar-refractivity contribution in [2.24, 2.45) is 5.73 Å². The third-order valence-corrected chi connectivity index (χ3v) is 2.49. The minimum atomic E-state index is -0.888. The second-order valence-corrected chi connectivity index (χ2v) is 3.56. The minimum Gasteiger partial charge on any atom is -0.508 e. The topological polar surface area (TPSA) is 72.5 Å². The first-order chi connectivity index (χ1) is 6.56. The van der Waals surface area contributed by atoms with Gasteiger partial charge in [0, 0.05) is 4.47 Å². The lowest BCUT2D eigenvalue weighted by molar-refractivity contribution is -0.142. The molecule has 0 fully saturated rings. The maximum absolute atomic E-state index is 11.1. The minimum absolute atomic E-state index is 0. The molecule has 0 unspecified atom stereocenters. The van der Waals surface area contributed by atoms with Crippen LogP contribution in [0.4, 0.5) is 0 Å². The van der Waals surface area contributed by atoms with Crippen LogP contribution in [0.15, 0.2) is 22.7 Å². The molecule has 0 amide bonds. The Labute approximate surface area is 102 Å². The molecule has 0 aliphatic rings. The van der Waals surface area contributed by atoms with Gasteiger partial charge in [0.2, 0.25) is 0 Å². The molecular formula is C9H11BrClNO3. The average Bonchev–Trinajstić information content (AvgIpc) is 2.19. The predicted molar refractivity (Wildman–Crippen MR) is 62.0 cm³/mol. The van der Waals surface area contributed by atoms with Crippen LogP contribution in [-0.2, 0) is 9.53 Å². The molecule has 0 saturated heterocycles. The molecule has 0 bridgehead atoms. The molecule has 0 heterocycles. The van der Waals surface area contributed by atoms with Crippen LogP contribution < -0.4 is 5.73 Å². The molecule has 0 aliphatic carbocycles. The number of methoxy groups -OCH3 is 1. The molecule has 0 saturated carbocycles. The number of phenols is 1. The number of aromatic hydroxyl groups is 1. The number of carbonyl (C=O) groups is 1. The van der Waals surface area contributed by atoms with Crippen LogP contribution in [-0.4, -0.2) is 18.2 Å². The Bertz CT molecular complexity index is 359. The van der Waals surface area contributed by atoms with E-state index in [4.69, 9.17) is 5.73 Å². The molecular weight excluding hydrogens is 285 g/mol. The maximum atomic E-state index is 11.1. The Morgan fingerprint density at radius 1 is 1.60 bits per heavy atom. The largest absolute Gasteiger partial charge is 0.508 e. The van der Waals surface area contributed by atoms with Gasteiger partial charge in [-0.15, -0.1) is 12.4 Å². The summed E-state index contributed by atoms with van der Waals surface area (Å²) in [5, 5.41) is 9.21. The second kappa shape index (κ2) is 5.95. The SMILES string of the molecule is COC(=O)[C@@H](N)c1cc(O)ccc1Br.Cl. The maximum Gasteiger partial charge on any atom is 0.327 e. The van der Waals surface area contributed by atoms with E-state index in [1.807, 2.05) is 0 Å². The Morgan fingerprint density at radius 2 is 2.20 bits per heavy atom. The van der Waals surface area contributed by atoms with E-state index in [0.29, 0.717) is 10.0 Å². The fourth-order valence-corrected chi connectivity index (χ4v) is 1.52. The second-order valence-electron chi connectivity index (χ2n) is 2.71. The van der Waals surface area contributed by atoms with Gasteiger partial charge in [-0.25, -0.2) is 0 Å². The van der Waals surface area contributed by atoms with E-state index in [1.54, 1.807) is 6.07 Å². The Morgan fingerprint density at radius 3 is 2.73 bits per heavy atom.